The van der Waals surface area contributed by atoms with E-state index in [2.05, 4.69) is 33.2 Å². The monoisotopic (exact) mass is 244 g/mol. The molecule has 1 aromatic heterocycles. The molecule has 1 heterocycles. The van der Waals surface area contributed by atoms with Crippen molar-refractivity contribution in [1.82, 2.24) is 4.98 Å². The molecular formula is C9H10BrFN2. The largest absolute Gasteiger partial charge is 0.362 e. The van der Waals surface area contributed by atoms with Crippen molar-refractivity contribution in [2.45, 2.75) is 25.3 Å². The summed E-state index contributed by atoms with van der Waals surface area (Å²) in [6.45, 7) is 2.07. The van der Waals surface area contributed by atoms with E-state index in [9.17, 15) is 4.39 Å². The molecule has 4 heteroatoms. The van der Waals surface area contributed by atoms with Crippen molar-refractivity contribution in [2.75, 3.05) is 5.32 Å². The van der Waals surface area contributed by atoms with Crippen molar-refractivity contribution in [3.05, 3.63) is 22.6 Å². The summed E-state index contributed by atoms with van der Waals surface area (Å²) in [7, 11) is 0. The molecule has 1 N–H and O–H groups in total. The molecule has 0 radical (unpaired) electrons. The number of nitrogens with one attached hydrogen (secondary N) is 1. The average molecular weight is 245 g/mol. The fourth-order valence-corrected chi connectivity index (χ4v) is 1.41. The maximum Gasteiger partial charge on any atom is 0.166 e. The summed E-state index contributed by atoms with van der Waals surface area (Å²) in [5.41, 5.74) is 0.0711. The molecule has 1 aliphatic carbocycles. The zero-order valence-electron chi connectivity index (χ0n) is 7.27. The van der Waals surface area contributed by atoms with Crippen LogP contribution in [0.5, 0.6) is 0 Å². The number of hydrogen-bond acceptors (Lipinski definition) is 2. The molecule has 0 spiro atoms. The molecule has 1 fully saturated rings. The van der Waals surface area contributed by atoms with E-state index in [0.717, 1.165) is 12.8 Å². The molecule has 0 saturated heterocycles. The van der Waals surface area contributed by atoms with E-state index >= 15 is 0 Å². The Morgan fingerprint density at radius 1 is 1.62 bits per heavy atom. The van der Waals surface area contributed by atoms with E-state index in [0.29, 0.717) is 10.3 Å². The van der Waals surface area contributed by atoms with Crippen molar-refractivity contribution >= 4 is 21.7 Å². The fourth-order valence-electron chi connectivity index (χ4n) is 1.10. The van der Waals surface area contributed by atoms with Crippen LogP contribution < -0.4 is 5.32 Å². The first-order valence-electron chi connectivity index (χ1n) is 4.18. The summed E-state index contributed by atoms with van der Waals surface area (Å²) in [5.74, 6) is 0.0469. The fraction of sp³-hybridized carbons (Fsp3) is 0.444. The Bertz CT molecular complexity index is 336. The molecule has 0 amide bonds. The van der Waals surface area contributed by atoms with Crippen LogP contribution in [0.15, 0.2) is 16.7 Å². The van der Waals surface area contributed by atoms with Gasteiger partial charge in [0.2, 0.25) is 0 Å². The SMILES string of the molecule is CC1(Nc2ncc(Br)cc2F)CC1. The van der Waals surface area contributed by atoms with Gasteiger partial charge in [0.05, 0.1) is 0 Å². The third-order valence-electron chi connectivity index (χ3n) is 2.23. The number of halogens is 2. The van der Waals surface area contributed by atoms with Gasteiger partial charge in [0.1, 0.15) is 0 Å². The van der Waals surface area contributed by atoms with Crippen LogP contribution in [0.4, 0.5) is 10.2 Å². The quantitative estimate of drug-likeness (QED) is 0.866. The van der Waals surface area contributed by atoms with Crippen molar-refractivity contribution in [2.24, 2.45) is 0 Å². The standard InChI is InChI=1S/C9H10BrFN2/c1-9(2-3-9)13-8-7(11)4-6(10)5-12-8/h4-5H,2-3H2,1H3,(H,12,13). The Morgan fingerprint density at radius 3 is 2.85 bits per heavy atom. The third kappa shape index (κ3) is 1.99. The van der Waals surface area contributed by atoms with Gasteiger partial charge < -0.3 is 5.32 Å². The molecule has 13 heavy (non-hydrogen) atoms. The van der Waals surface area contributed by atoms with Crippen LogP contribution in [0.3, 0.4) is 0 Å². The van der Waals surface area contributed by atoms with E-state index in [-0.39, 0.29) is 11.4 Å². The lowest BCUT2D eigenvalue weighted by molar-refractivity contribution is 0.618. The van der Waals surface area contributed by atoms with Crippen LogP contribution in [0.2, 0.25) is 0 Å². The third-order valence-corrected chi connectivity index (χ3v) is 2.66. The number of aromatic nitrogens is 1. The summed E-state index contributed by atoms with van der Waals surface area (Å²) in [6, 6.07) is 1.42. The summed E-state index contributed by atoms with van der Waals surface area (Å²) in [4.78, 5) is 3.97. The molecule has 1 saturated carbocycles. The second kappa shape index (κ2) is 2.94. The Morgan fingerprint density at radius 2 is 2.31 bits per heavy atom. The predicted molar refractivity (Wildman–Crippen MR) is 53.2 cm³/mol. The van der Waals surface area contributed by atoms with Crippen LogP contribution in [0, 0.1) is 5.82 Å². The first-order chi connectivity index (χ1) is 6.09. The number of hydrogen-bond donors (Lipinski definition) is 1. The van der Waals surface area contributed by atoms with E-state index in [4.69, 9.17) is 0 Å². The van der Waals surface area contributed by atoms with Crippen molar-refractivity contribution < 1.29 is 4.39 Å². The highest BCUT2D eigenvalue weighted by Gasteiger charge is 2.37. The van der Waals surface area contributed by atoms with Gasteiger partial charge in [0, 0.05) is 16.2 Å². The van der Waals surface area contributed by atoms with Gasteiger partial charge in [-0.1, -0.05) is 0 Å². The molecule has 0 aromatic carbocycles. The molecule has 0 bridgehead atoms. The minimum Gasteiger partial charge on any atom is -0.362 e. The van der Waals surface area contributed by atoms with Crippen LogP contribution in [-0.2, 0) is 0 Å². The van der Waals surface area contributed by atoms with Gasteiger partial charge in [-0.25, -0.2) is 9.37 Å². The Labute approximate surface area is 84.7 Å². The summed E-state index contributed by atoms with van der Waals surface area (Å²) >= 11 is 3.16. The van der Waals surface area contributed by atoms with Gasteiger partial charge in [0.25, 0.3) is 0 Å². The first kappa shape index (κ1) is 8.94. The van der Waals surface area contributed by atoms with Crippen LogP contribution in [-0.4, -0.2) is 10.5 Å². The smallest absolute Gasteiger partial charge is 0.166 e. The highest BCUT2D eigenvalue weighted by molar-refractivity contribution is 9.10. The lowest BCUT2D eigenvalue weighted by Gasteiger charge is -2.12. The zero-order valence-corrected chi connectivity index (χ0v) is 8.86. The highest BCUT2D eigenvalue weighted by atomic mass is 79.9. The maximum atomic E-state index is 13.3. The van der Waals surface area contributed by atoms with Crippen LogP contribution in [0.25, 0.3) is 0 Å². The van der Waals surface area contributed by atoms with Gasteiger partial charge in [-0.2, -0.15) is 0 Å². The van der Waals surface area contributed by atoms with Gasteiger partial charge >= 0.3 is 0 Å². The Hall–Kier alpha value is -0.640. The summed E-state index contributed by atoms with van der Waals surface area (Å²) < 4.78 is 13.9. The van der Waals surface area contributed by atoms with Crippen molar-refractivity contribution in [1.29, 1.82) is 0 Å². The molecule has 0 atom stereocenters. The topological polar surface area (TPSA) is 24.9 Å². The van der Waals surface area contributed by atoms with Crippen molar-refractivity contribution in [3.8, 4) is 0 Å². The Kier molecular flexibility index (Phi) is 2.02. The number of rotatable bonds is 2. The minimum absolute atomic E-state index is 0.0711. The molecule has 2 rings (SSSR count). The highest BCUT2D eigenvalue weighted by Crippen LogP contribution is 2.38. The summed E-state index contributed by atoms with van der Waals surface area (Å²) in [5, 5.41) is 3.08. The molecular weight excluding hydrogens is 235 g/mol. The Balaban J connectivity index is 2.20. The lowest BCUT2D eigenvalue weighted by Crippen LogP contribution is -2.17. The van der Waals surface area contributed by atoms with Gasteiger partial charge in [-0.15, -0.1) is 0 Å². The minimum atomic E-state index is -0.303. The zero-order chi connectivity index (χ0) is 9.47. The second-order valence-corrected chi connectivity index (χ2v) is 4.59. The second-order valence-electron chi connectivity index (χ2n) is 3.67. The first-order valence-corrected chi connectivity index (χ1v) is 4.98. The van der Waals surface area contributed by atoms with Crippen LogP contribution in [0.1, 0.15) is 19.8 Å². The van der Waals surface area contributed by atoms with E-state index in [1.165, 1.54) is 6.07 Å². The van der Waals surface area contributed by atoms with Gasteiger partial charge in [0.15, 0.2) is 11.6 Å². The summed E-state index contributed by atoms with van der Waals surface area (Å²) in [6.07, 6.45) is 3.77. The normalized spacial score (nSPS) is 18.4. The molecule has 1 aromatic rings. The number of anilines is 1. The predicted octanol–water partition coefficient (Wildman–Crippen LogP) is 2.95. The van der Waals surface area contributed by atoms with Gasteiger partial charge in [-0.05, 0) is 41.8 Å². The van der Waals surface area contributed by atoms with E-state index in [1.54, 1.807) is 6.20 Å². The molecule has 1 aliphatic rings. The molecule has 2 nitrogen and oxygen atoms in total. The van der Waals surface area contributed by atoms with E-state index in [1.807, 2.05) is 0 Å². The number of nitrogens with zero attached hydrogens (tertiary/aromatic N) is 1. The molecule has 0 unspecified atom stereocenters. The van der Waals surface area contributed by atoms with Crippen molar-refractivity contribution in [3.63, 3.8) is 0 Å². The molecule has 0 aliphatic heterocycles. The lowest BCUT2D eigenvalue weighted by atomic mass is 10.3. The average Bonchev–Trinajstić information content (AvgIpc) is 2.75. The maximum absolute atomic E-state index is 13.3. The van der Waals surface area contributed by atoms with Gasteiger partial charge in [-0.3, -0.25) is 0 Å². The number of pyridine rings is 1. The molecule has 70 valence electrons. The van der Waals surface area contributed by atoms with E-state index < -0.39 is 0 Å². The van der Waals surface area contributed by atoms with Crippen LogP contribution >= 0.6 is 15.9 Å².